The molecule has 3 aromatic rings. The minimum atomic E-state index is -0.228. The van der Waals surface area contributed by atoms with Crippen molar-refractivity contribution in [1.82, 2.24) is 9.97 Å². The van der Waals surface area contributed by atoms with Crippen molar-refractivity contribution in [2.45, 2.75) is 6.10 Å². The topological polar surface area (TPSA) is 73.8 Å². The second kappa shape index (κ2) is 9.62. The Morgan fingerprint density at radius 3 is 2.79 bits per heavy atom. The van der Waals surface area contributed by atoms with Crippen LogP contribution < -0.4 is 38.2 Å². The van der Waals surface area contributed by atoms with Crippen LogP contribution >= 0.6 is 27.5 Å². The summed E-state index contributed by atoms with van der Waals surface area (Å²) in [5, 5.41) is 0.509. The molecule has 1 unspecified atom stereocenters. The number of carbonyl (C=O) groups is 1. The number of halogens is 1. The largest absolute Gasteiger partial charge is 1.00 e. The smallest absolute Gasteiger partial charge is 1.00 e. The molecule has 1 aliphatic heterocycles. The zero-order valence-electron chi connectivity index (χ0n) is 16.4. The van der Waals surface area contributed by atoms with E-state index in [4.69, 9.17) is 14.2 Å². The molecule has 1 aliphatic rings. The van der Waals surface area contributed by atoms with E-state index in [1.54, 1.807) is 31.6 Å². The molecular formula is C18H17BrN3NaO4S. The monoisotopic (exact) mass is 473 g/mol. The summed E-state index contributed by atoms with van der Waals surface area (Å²) in [6.07, 6.45) is 2.99. The second-order valence-electron chi connectivity index (χ2n) is 5.79. The van der Waals surface area contributed by atoms with E-state index in [9.17, 15) is 4.79 Å². The van der Waals surface area contributed by atoms with E-state index in [1.807, 2.05) is 12.1 Å². The first-order chi connectivity index (χ1) is 13.2. The van der Waals surface area contributed by atoms with Gasteiger partial charge in [-0.2, -0.15) is 0 Å². The number of nitrogens with zero attached hydrogens (tertiary/aromatic N) is 3. The van der Waals surface area contributed by atoms with Crippen molar-refractivity contribution < 1.29 is 50.0 Å². The zero-order chi connectivity index (χ0) is 18.8. The van der Waals surface area contributed by atoms with Crippen LogP contribution in [-0.2, 0) is 9.47 Å². The average molecular weight is 474 g/mol. The van der Waals surface area contributed by atoms with Gasteiger partial charge in [0.1, 0.15) is 17.4 Å². The number of ether oxygens (including phenoxy) is 3. The number of carbonyl (C=O) groups excluding carboxylic acids is 1. The molecule has 1 saturated heterocycles. The molecule has 1 amide bonds. The Bertz CT molecular complexity index is 972. The molecule has 0 radical (unpaired) electrons. The van der Waals surface area contributed by atoms with Crippen molar-refractivity contribution in [2.24, 2.45) is 0 Å². The summed E-state index contributed by atoms with van der Waals surface area (Å²) in [4.78, 5) is 21.3. The Morgan fingerprint density at radius 1 is 1.32 bits per heavy atom. The SMILES string of the molecule is COc1ccc(C2COCCO2)c2sc(N(Br)C(=O)c3ccncc3)nc12.[H-].[Na+]. The van der Waals surface area contributed by atoms with E-state index in [-0.39, 0.29) is 43.0 Å². The number of benzene rings is 1. The maximum absolute atomic E-state index is 12.7. The number of anilines is 1. The number of hydrogen-bond donors (Lipinski definition) is 0. The molecule has 0 saturated carbocycles. The number of thiazole rings is 1. The van der Waals surface area contributed by atoms with Crippen molar-refractivity contribution in [3.63, 3.8) is 0 Å². The summed E-state index contributed by atoms with van der Waals surface area (Å²) < 4.78 is 19.1. The number of hydrogen-bond acceptors (Lipinski definition) is 7. The third kappa shape index (κ3) is 4.25. The summed E-state index contributed by atoms with van der Waals surface area (Å²) in [6, 6.07) is 7.14. The second-order valence-corrected chi connectivity index (χ2v) is 7.47. The van der Waals surface area contributed by atoms with Gasteiger partial charge >= 0.3 is 29.6 Å². The summed E-state index contributed by atoms with van der Waals surface area (Å²) in [5.41, 5.74) is 2.18. The minimum Gasteiger partial charge on any atom is -1.00 e. The standard InChI is InChI=1S/C18H16BrN3O4S.Na.H/c1-24-13-3-2-12(14-10-25-8-9-26-14)16-15(13)21-18(27-16)22(19)17(23)11-4-6-20-7-5-11;;/h2-7,14H,8-10H2,1H3;;/q;+1;-1. The number of fused-ring (bicyclic) bond motifs is 1. The quantitative estimate of drug-likeness (QED) is 0.413. The van der Waals surface area contributed by atoms with Crippen molar-refractivity contribution in [2.75, 3.05) is 30.9 Å². The van der Waals surface area contributed by atoms with Crippen LogP contribution in [0.2, 0.25) is 0 Å². The summed E-state index contributed by atoms with van der Waals surface area (Å²) in [6.45, 7) is 1.64. The van der Waals surface area contributed by atoms with Crippen LogP contribution in [0.4, 0.5) is 5.13 Å². The molecule has 4 rings (SSSR count). The molecule has 7 nitrogen and oxygen atoms in total. The molecule has 0 bridgehead atoms. The molecule has 0 aliphatic carbocycles. The molecule has 10 heteroatoms. The van der Waals surface area contributed by atoms with Crippen LogP contribution in [0.3, 0.4) is 0 Å². The van der Waals surface area contributed by atoms with Crippen molar-refractivity contribution >= 4 is 48.7 Å². The third-order valence-corrected chi connectivity index (χ3v) is 6.16. The Labute approximate surface area is 198 Å². The molecular weight excluding hydrogens is 457 g/mol. The van der Waals surface area contributed by atoms with Gasteiger partial charge in [-0.25, -0.2) is 8.91 Å². The van der Waals surface area contributed by atoms with E-state index < -0.39 is 0 Å². The first-order valence-corrected chi connectivity index (χ1v) is 9.78. The fourth-order valence-electron chi connectivity index (χ4n) is 2.86. The summed E-state index contributed by atoms with van der Waals surface area (Å²) in [7, 11) is 1.60. The van der Waals surface area contributed by atoms with Gasteiger partial charge in [0.2, 0.25) is 5.13 Å². The van der Waals surface area contributed by atoms with Crippen LogP contribution in [-0.4, -0.2) is 42.8 Å². The molecule has 1 aromatic carbocycles. The van der Waals surface area contributed by atoms with Gasteiger partial charge in [-0.3, -0.25) is 9.78 Å². The molecule has 1 atom stereocenters. The van der Waals surface area contributed by atoms with Crippen LogP contribution in [0, 0.1) is 0 Å². The van der Waals surface area contributed by atoms with Gasteiger partial charge in [0.05, 0.1) is 47.8 Å². The number of pyridine rings is 1. The summed E-state index contributed by atoms with van der Waals surface area (Å²) >= 11 is 4.74. The van der Waals surface area contributed by atoms with Gasteiger partial charge in [-0.15, -0.1) is 0 Å². The zero-order valence-corrected chi connectivity index (χ0v) is 19.8. The van der Waals surface area contributed by atoms with Crippen LogP contribution in [0.15, 0.2) is 36.7 Å². The first kappa shape index (κ1) is 21.6. The number of amides is 1. The van der Waals surface area contributed by atoms with E-state index in [0.717, 1.165) is 10.3 Å². The van der Waals surface area contributed by atoms with E-state index >= 15 is 0 Å². The van der Waals surface area contributed by atoms with Gasteiger partial charge < -0.3 is 15.6 Å². The Balaban J connectivity index is 0.00000150. The predicted molar refractivity (Wildman–Crippen MR) is 107 cm³/mol. The fraction of sp³-hybridized carbons (Fsp3) is 0.278. The molecule has 3 heterocycles. The molecule has 28 heavy (non-hydrogen) atoms. The maximum atomic E-state index is 12.7. The third-order valence-electron chi connectivity index (χ3n) is 4.18. The van der Waals surface area contributed by atoms with Crippen molar-refractivity contribution in [1.29, 1.82) is 0 Å². The average Bonchev–Trinajstić information content (AvgIpc) is 3.18. The number of aromatic nitrogens is 2. The maximum Gasteiger partial charge on any atom is 1.00 e. The molecule has 2 aromatic heterocycles. The number of rotatable bonds is 4. The van der Waals surface area contributed by atoms with Gasteiger partial charge in [0, 0.05) is 23.5 Å². The molecule has 0 N–H and O–H groups in total. The molecule has 0 spiro atoms. The van der Waals surface area contributed by atoms with Gasteiger partial charge in [0.25, 0.3) is 5.91 Å². The van der Waals surface area contributed by atoms with Crippen molar-refractivity contribution in [3.05, 3.63) is 47.8 Å². The summed E-state index contributed by atoms with van der Waals surface area (Å²) in [5.74, 6) is 0.416. The minimum absolute atomic E-state index is 0. The van der Waals surface area contributed by atoms with Gasteiger partial charge in [-0.05, 0) is 18.2 Å². The van der Waals surface area contributed by atoms with Crippen LogP contribution in [0.25, 0.3) is 10.2 Å². The Kier molecular flexibility index (Phi) is 7.43. The van der Waals surface area contributed by atoms with E-state index in [0.29, 0.717) is 41.8 Å². The Hall–Kier alpha value is -1.07. The predicted octanol–water partition coefficient (Wildman–Crippen LogP) is 0.861. The number of methoxy groups -OCH3 is 1. The Morgan fingerprint density at radius 2 is 2.11 bits per heavy atom. The van der Waals surface area contributed by atoms with Crippen LogP contribution in [0.1, 0.15) is 23.5 Å². The van der Waals surface area contributed by atoms with Gasteiger partial charge in [-0.1, -0.05) is 17.4 Å². The molecule has 142 valence electrons. The molecule has 1 fully saturated rings. The van der Waals surface area contributed by atoms with Gasteiger partial charge in [0.15, 0.2) is 0 Å². The normalized spacial score (nSPS) is 16.4. The fourth-order valence-corrected chi connectivity index (χ4v) is 4.40. The van der Waals surface area contributed by atoms with E-state index in [2.05, 4.69) is 26.1 Å². The van der Waals surface area contributed by atoms with E-state index in [1.165, 1.54) is 15.3 Å². The van der Waals surface area contributed by atoms with Crippen LogP contribution in [0.5, 0.6) is 5.75 Å². The van der Waals surface area contributed by atoms with Crippen molar-refractivity contribution in [3.8, 4) is 5.75 Å². The first-order valence-electron chi connectivity index (χ1n) is 8.26.